The Kier molecular flexibility index (Phi) is 5.25. The van der Waals surface area contributed by atoms with Gasteiger partial charge in [0.15, 0.2) is 0 Å². The number of hydrogen-bond acceptors (Lipinski definition) is 2. The molecule has 42 heavy (non-hydrogen) atoms. The van der Waals surface area contributed by atoms with Crippen LogP contribution in [0.3, 0.4) is 0 Å². The first-order valence-corrected chi connectivity index (χ1v) is 16.8. The summed E-state index contributed by atoms with van der Waals surface area (Å²) < 4.78 is 24.5. The van der Waals surface area contributed by atoms with Crippen LogP contribution in [-0.4, -0.2) is 10.2 Å². The van der Waals surface area contributed by atoms with Crippen molar-refractivity contribution in [3.63, 3.8) is 0 Å². The van der Waals surface area contributed by atoms with Gasteiger partial charge in [0.1, 0.15) is 18.3 Å². The third-order valence-corrected chi connectivity index (χ3v) is 13.5. The molecule has 7 aromatic rings. The molecule has 0 radical (unpaired) electrons. The van der Waals surface area contributed by atoms with E-state index in [1.807, 2.05) is 30.3 Å². The van der Waals surface area contributed by atoms with Crippen molar-refractivity contribution in [3.8, 4) is 16.9 Å². The number of benzene rings is 5. The molecule has 0 amide bonds. The van der Waals surface area contributed by atoms with Crippen LogP contribution in [0.1, 0.15) is 37.2 Å². The van der Waals surface area contributed by atoms with Gasteiger partial charge in [-0.05, 0) is 54.7 Å². The van der Waals surface area contributed by atoms with Crippen LogP contribution < -0.4 is 10.6 Å². The number of hydrogen-bond donors (Lipinski definition) is 0. The molecule has 9 rings (SSSR count). The Labute approximate surface area is 244 Å². The van der Waals surface area contributed by atoms with Gasteiger partial charge in [-0.1, -0.05) is 104 Å². The zero-order chi connectivity index (χ0) is 27.8. The molecule has 0 bridgehead atoms. The fourth-order valence-corrected chi connectivity index (χ4v) is 11.9. The van der Waals surface area contributed by atoms with Gasteiger partial charge in [-0.25, -0.2) is 0 Å². The van der Waals surface area contributed by atoms with E-state index in [1.165, 1.54) is 22.2 Å². The van der Waals surface area contributed by atoms with Crippen molar-refractivity contribution in [3.05, 3.63) is 127 Å². The van der Waals surface area contributed by atoms with Gasteiger partial charge in [-0.2, -0.15) is 0 Å². The van der Waals surface area contributed by atoms with Crippen molar-refractivity contribution in [1.29, 1.82) is 0 Å². The van der Waals surface area contributed by atoms with Crippen molar-refractivity contribution >= 4 is 50.6 Å². The SMILES string of the molecule is O=P1(c2ccccc2)c2ccccc2-c2c(c3ccccc3n2-c2ccc3oc4ccccc4c3c2)C2CCCCC21. The molecule has 3 atom stereocenters. The summed E-state index contributed by atoms with van der Waals surface area (Å²) in [4.78, 5) is 0. The highest BCUT2D eigenvalue weighted by Gasteiger charge is 2.48. The Balaban J connectivity index is 1.42. The first-order chi connectivity index (χ1) is 20.7. The minimum Gasteiger partial charge on any atom is -0.456 e. The molecule has 0 spiro atoms. The molecule has 1 aliphatic heterocycles. The monoisotopic (exact) mass is 563 g/mol. The predicted octanol–water partition coefficient (Wildman–Crippen LogP) is 9.55. The zero-order valence-electron chi connectivity index (χ0n) is 23.2. The Morgan fingerprint density at radius 1 is 0.667 bits per heavy atom. The molecule has 1 saturated carbocycles. The first-order valence-electron chi connectivity index (χ1n) is 15.0. The number of para-hydroxylation sites is 2. The third kappa shape index (κ3) is 3.26. The second kappa shape index (κ2) is 9.08. The van der Waals surface area contributed by atoms with Gasteiger partial charge >= 0.3 is 0 Å². The predicted molar refractivity (Wildman–Crippen MR) is 174 cm³/mol. The molecular formula is C38H30NO2P. The molecule has 3 unspecified atom stereocenters. The van der Waals surface area contributed by atoms with E-state index in [1.54, 1.807) is 0 Å². The molecule has 1 fully saturated rings. The number of rotatable bonds is 2. The quantitative estimate of drug-likeness (QED) is 0.196. The summed E-state index contributed by atoms with van der Waals surface area (Å²) in [6.45, 7) is 0. The summed E-state index contributed by atoms with van der Waals surface area (Å²) in [7, 11) is -2.96. The highest BCUT2D eigenvalue weighted by Crippen LogP contribution is 2.63. The van der Waals surface area contributed by atoms with Crippen LogP contribution in [0.5, 0.6) is 0 Å². The van der Waals surface area contributed by atoms with E-state index in [2.05, 4.69) is 95.6 Å². The maximum absolute atomic E-state index is 15.9. The summed E-state index contributed by atoms with van der Waals surface area (Å²) in [5.41, 5.74) is 7.84. The lowest BCUT2D eigenvalue weighted by Crippen LogP contribution is -2.31. The van der Waals surface area contributed by atoms with Crippen LogP contribution >= 0.6 is 7.14 Å². The Morgan fingerprint density at radius 2 is 1.38 bits per heavy atom. The molecule has 204 valence electrons. The molecule has 2 aromatic heterocycles. The van der Waals surface area contributed by atoms with E-state index in [0.717, 1.165) is 69.5 Å². The van der Waals surface area contributed by atoms with Crippen LogP contribution in [0, 0.1) is 0 Å². The summed E-state index contributed by atoms with van der Waals surface area (Å²) in [5, 5.41) is 5.51. The topological polar surface area (TPSA) is 35.1 Å². The van der Waals surface area contributed by atoms with Gasteiger partial charge in [0.2, 0.25) is 0 Å². The highest BCUT2D eigenvalue weighted by molar-refractivity contribution is 7.79. The molecular weight excluding hydrogens is 533 g/mol. The number of fused-ring (bicyclic) bond motifs is 10. The van der Waals surface area contributed by atoms with E-state index < -0.39 is 7.14 Å². The van der Waals surface area contributed by atoms with E-state index in [0.29, 0.717) is 0 Å². The fourth-order valence-electron chi connectivity index (χ4n) is 8.03. The van der Waals surface area contributed by atoms with Gasteiger partial charge in [-0.15, -0.1) is 0 Å². The molecule has 2 aliphatic rings. The number of furan rings is 1. The molecule has 0 saturated heterocycles. The average molecular weight is 564 g/mol. The Hall–Kier alpha value is -4.33. The smallest absolute Gasteiger partial charge is 0.147 e. The molecule has 0 N–H and O–H groups in total. The van der Waals surface area contributed by atoms with Gasteiger partial charge in [0, 0.05) is 43.7 Å². The van der Waals surface area contributed by atoms with Crippen molar-refractivity contribution in [2.24, 2.45) is 0 Å². The molecule has 3 nitrogen and oxygen atoms in total. The lowest BCUT2D eigenvalue weighted by atomic mass is 9.81. The summed E-state index contributed by atoms with van der Waals surface area (Å²) in [5.74, 6) is 0.219. The maximum Gasteiger partial charge on any atom is 0.147 e. The van der Waals surface area contributed by atoms with E-state index in [-0.39, 0.29) is 11.6 Å². The first kappa shape index (κ1) is 24.3. The van der Waals surface area contributed by atoms with Gasteiger partial charge in [0.05, 0.1) is 11.2 Å². The van der Waals surface area contributed by atoms with Crippen molar-refractivity contribution in [2.45, 2.75) is 37.3 Å². The zero-order valence-corrected chi connectivity index (χ0v) is 24.1. The van der Waals surface area contributed by atoms with Crippen LogP contribution in [0.2, 0.25) is 0 Å². The van der Waals surface area contributed by atoms with Crippen LogP contribution in [-0.2, 0) is 4.57 Å². The molecule has 5 aromatic carbocycles. The van der Waals surface area contributed by atoms with Crippen molar-refractivity contribution in [2.75, 3.05) is 0 Å². The molecule has 3 heterocycles. The lowest BCUT2D eigenvalue weighted by Gasteiger charge is -2.36. The third-order valence-electron chi connectivity index (χ3n) is 9.76. The second-order valence-corrected chi connectivity index (χ2v) is 14.8. The maximum atomic E-state index is 15.9. The van der Waals surface area contributed by atoms with Crippen LogP contribution in [0.4, 0.5) is 0 Å². The largest absolute Gasteiger partial charge is 0.456 e. The van der Waals surface area contributed by atoms with E-state index in [9.17, 15) is 0 Å². The summed E-state index contributed by atoms with van der Waals surface area (Å²) in [6, 6.07) is 42.5. The van der Waals surface area contributed by atoms with Crippen LogP contribution in [0.15, 0.2) is 126 Å². The normalized spacial score (nSPS) is 21.6. The standard InChI is InChI=1S/C38H30NO2P/c40-42(26-12-2-1-3-13-26)35-20-10-6-16-29(35)37-28-15-4-8-18-32(28)39(38(37)30-17-7-11-21-36(30)42)25-22-23-34-31(24-25)27-14-5-9-19-33(27)41-34/h1-5,7-9,11-15,17-19,21-24,29,35H,6,10,16,20H2. The minimum absolute atomic E-state index is 0.0793. The molecule has 1 aliphatic carbocycles. The van der Waals surface area contributed by atoms with Crippen LogP contribution in [0.25, 0.3) is 49.8 Å². The van der Waals surface area contributed by atoms with Crippen molar-refractivity contribution in [1.82, 2.24) is 4.57 Å². The summed E-state index contributed by atoms with van der Waals surface area (Å²) in [6.07, 6.45) is 4.33. The van der Waals surface area contributed by atoms with Gasteiger partial charge in [0.25, 0.3) is 0 Å². The Bertz CT molecular complexity index is 2210. The summed E-state index contributed by atoms with van der Waals surface area (Å²) >= 11 is 0. The van der Waals surface area contributed by atoms with Crippen molar-refractivity contribution < 1.29 is 8.98 Å². The van der Waals surface area contributed by atoms with E-state index >= 15 is 4.57 Å². The minimum atomic E-state index is -2.96. The van der Waals surface area contributed by atoms with Gasteiger partial charge in [-0.3, -0.25) is 0 Å². The number of nitrogens with zero attached hydrogens (tertiary/aromatic N) is 1. The Morgan fingerprint density at radius 3 is 2.29 bits per heavy atom. The second-order valence-electron chi connectivity index (χ2n) is 11.9. The molecule has 4 heteroatoms. The van der Waals surface area contributed by atoms with Gasteiger partial charge < -0.3 is 13.5 Å². The van der Waals surface area contributed by atoms with E-state index in [4.69, 9.17) is 4.42 Å². The highest BCUT2D eigenvalue weighted by atomic mass is 31.2. The number of aromatic nitrogens is 1. The average Bonchev–Trinajstić information content (AvgIpc) is 3.57. The lowest BCUT2D eigenvalue weighted by molar-refractivity contribution is 0.441. The fraction of sp³-hybridized carbons (Fsp3) is 0.158.